The minimum Gasteiger partial charge on any atom is -0.311 e. The van der Waals surface area contributed by atoms with Gasteiger partial charge in [0.25, 0.3) is 0 Å². The summed E-state index contributed by atoms with van der Waals surface area (Å²) >= 11 is 0. The molecule has 0 saturated heterocycles. The van der Waals surface area contributed by atoms with Gasteiger partial charge in [0.05, 0.1) is 5.66 Å². The van der Waals surface area contributed by atoms with E-state index in [1.807, 2.05) is 24.3 Å². The molecule has 0 aromatic rings. The zero-order chi connectivity index (χ0) is 9.73. The molecule has 1 aliphatic rings. The molecule has 0 atom stereocenters. The molecule has 0 bridgehead atoms. The van der Waals surface area contributed by atoms with Crippen LogP contribution in [0.5, 0.6) is 0 Å². The molecule has 0 N–H and O–H groups in total. The van der Waals surface area contributed by atoms with Crippen molar-refractivity contribution in [1.82, 2.24) is 0 Å². The van der Waals surface area contributed by atoms with E-state index in [4.69, 9.17) is 9.05 Å². The molecule has 0 aromatic carbocycles. The van der Waals surface area contributed by atoms with E-state index in [0.717, 1.165) is 0 Å². The van der Waals surface area contributed by atoms with Gasteiger partial charge in [-0.15, -0.1) is 0 Å². The van der Waals surface area contributed by atoms with Gasteiger partial charge >= 0.3 is 7.60 Å². The van der Waals surface area contributed by atoms with Crippen molar-refractivity contribution < 1.29 is 13.6 Å². The van der Waals surface area contributed by atoms with Crippen molar-refractivity contribution in [2.75, 3.05) is 14.2 Å². The highest BCUT2D eigenvalue weighted by atomic mass is 31.2. The maximum Gasteiger partial charge on any atom is 0.340 e. The molecule has 4 heteroatoms. The summed E-state index contributed by atoms with van der Waals surface area (Å²) in [7, 11) is -0.212. The van der Waals surface area contributed by atoms with Crippen molar-refractivity contribution in [3.05, 3.63) is 36.5 Å². The molecule has 0 heterocycles. The molecule has 0 fully saturated rings. The van der Waals surface area contributed by atoms with Crippen LogP contribution in [-0.4, -0.2) is 19.9 Å². The summed E-state index contributed by atoms with van der Waals surface area (Å²) in [4.78, 5) is 0. The van der Waals surface area contributed by atoms with Crippen molar-refractivity contribution in [2.24, 2.45) is 0 Å². The van der Waals surface area contributed by atoms with Crippen molar-refractivity contribution in [2.45, 2.75) is 5.66 Å². The molecular formula is C9H13O3P. The van der Waals surface area contributed by atoms with Gasteiger partial charge in [-0.05, 0) is 0 Å². The first-order chi connectivity index (χ1) is 6.23. The zero-order valence-corrected chi connectivity index (χ0v) is 8.61. The minimum atomic E-state index is -3.00. The predicted molar refractivity (Wildman–Crippen MR) is 52.8 cm³/mol. The van der Waals surface area contributed by atoms with Crippen molar-refractivity contribution in [3.8, 4) is 0 Å². The van der Waals surface area contributed by atoms with Gasteiger partial charge in [0.2, 0.25) is 0 Å². The Bertz CT molecular complexity index is 267. The summed E-state index contributed by atoms with van der Waals surface area (Å²) in [6.45, 7) is 0. The van der Waals surface area contributed by atoms with Crippen LogP contribution in [0, 0.1) is 0 Å². The van der Waals surface area contributed by atoms with Gasteiger partial charge in [0, 0.05) is 14.2 Å². The Kier molecular flexibility index (Phi) is 3.67. The first-order valence-corrected chi connectivity index (χ1v) is 5.57. The third-order valence-electron chi connectivity index (χ3n) is 1.82. The largest absolute Gasteiger partial charge is 0.340 e. The summed E-state index contributed by atoms with van der Waals surface area (Å²) in [6.07, 6.45) is 11.0. The molecule has 0 aliphatic heterocycles. The van der Waals surface area contributed by atoms with Gasteiger partial charge in [-0.2, -0.15) is 0 Å². The van der Waals surface area contributed by atoms with E-state index in [1.165, 1.54) is 14.2 Å². The monoisotopic (exact) mass is 200 g/mol. The Morgan fingerprint density at radius 2 is 1.46 bits per heavy atom. The van der Waals surface area contributed by atoms with Crippen LogP contribution < -0.4 is 0 Å². The smallest absolute Gasteiger partial charge is 0.311 e. The van der Waals surface area contributed by atoms with Crippen LogP contribution in [0.4, 0.5) is 0 Å². The van der Waals surface area contributed by atoms with Crippen molar-refractivity contribution in [3.63, 3.8) is 0 Å². The standard InChI is InChI=1S/C9H13O3P/c1-11-13(10,12-2)9-7-5-3-4-6-8-9/h3-9H,1-2H3. The number of rotatable bonds is 3. The van der Waals surface area contributed by atoms with E-state index >= 15 is 0 Å². The molecule has 0 saturated carbocycles. The van der Waals surface area contributed by atoms with E-state index in [2.05, 4.69) is 0 Å². The molecule has 13 heavy (non-hydrogen) atoms. The lowest BCUT2D eigenvalue weighted by Gasteiger charge is -2.18. The Labute approximate surface area is 78.3 Å². The minimum absolute atomic E-state index is 0.294. The average molecular weight is 200 g/mol. The lowest BCUT2D eigenvalue weighted by atomic mass is 10.4. The second-order valence-electron chi connectivity index (χ2n) is 2.55. The van der Waals surface area contributed by atoms with Gasteiger partial charge in [0.1, 0.15) is 0 Å². The fourth-order valence-electron chi connectivity index (χ4n) is 1.08. The first-order valence-electron chi connectivity index (χ1n) is 3.96. The molecule has 0 amide bonds. The lowest BCUT2D eigenvalue weighted by molar-refractivity contribution is 0.274. The number of hydrogen-bond acceptors (Lipinski definition) is 3. The molecular weight excluding hydrogens is 187 g/mol. The topological polar surface area (TPSA) is 35.5 Å². The molecule has 1 rings (SSSR count). The average Bonchev–Trinajstić information content (AvgIpc) is 2.45. The van der Waals surface area contributed by atoms with Gasteiger partial charge in [0.15, 0.2) is 0 Å². The maximum atomic E-state index is 11.9. The SMILES string of the molecule is COP(=O)(OC)C1C=CC=CC=C1. The molecule has 72 valence electrons. The van der Waals surface area contributed by atoms with E-state index < -0.39 is 7.60 Å². The van der Waals surface area contributed by atoms with Gasteiger partial charge in [-0.3, -0.25) is 4.57 Å². The van der Waals surface area contributed by atoms with Crippen LogP contribution in [0.15, 0.2) is 36.5 Å². The fraction of sp³-hybridized carbons (Fsp3) is 0.333. The molecule has 0 unspecified atom stereocenters. The molecule has 0 aromatic heterocycles. The summed E-state index contributed by atoms with van der Waals surface area (Å²) in [5.41, 5.74) is -0.294. The Balaban J connectivity index is 2.87. The summed E-state index contributed by atoms with van der Waals surface area (Å²) < 4.78 is 21.7. The predicted octanol–water partition coefficient (Wildman–Crippen LogP) is 2.52. The van der Waals surface area contributed by atoms with E-state index in [-0.39, 0.29) is 5.66 Å². The second kappa shape index (κ2) is 4.56. The number of allylic oxidation sites excluding steroid dienone is 6. The molecule has 3 nitrogen and oxygen atoms in total. The van der Waals surface area contributed by atoms with Crippen LogP contribution in [0.25, 0.3) is 0 Å². The highest BCUT2D eigenvalue weighted by molar-refractivity contribution is 7.55. The highest BCUT2D eigenvalue weighted by Gasteiger charge is 2.29. The van der Waals surface area contributed by atoms with Gasteiger partial charge in [-0.1, -0.05) is 36.5 Å². The maximum absolute atomic E-state index is 11.9. The van der Waals surface area contributed by atoms with Crippen molar-refractivity contribution >= 4 is 7.60 Å². The Hall–Kier alpha value is -0.630. The third-order valence-corrected chi connectivity index (χ3v) is 3.92. The third kappa shape index (κ3) is 2.41. The van der Waals surface area contributed by atoms with Crippen molar-refractivity contribution in [1.29, 1.82) is 0 Å². The summed E-state index contributed by atoms with van der Waals surface area (Å²) in [5.74, 6) is 0. The van der Waals surface area contributed by atoms with E-state index in [9.17, 15) is 4.57 Å². The zero-order valence-electron chi connectivity index (χ0n) is 7.71. The Morgan fingerprint density at radius 1 is 1.00 bits per heavy atom. The van der Waals surface area contributed by atoms with E-state index in [1.54, 1.807) is 12.2 Å². The van der Waals surface area contributed by atoms with Crippen LogP contribution >= 0.6 is 7.60 Å². The molecule has 0 radical (unpaired) electrons. The van der Waals surface area contributed by atoms with Crippen LogP contribution in [0.2, 0.25) is 0 Å². The number of hydrogen-bond donors (Lipinski definition) is 0. The van der Waals surface area contributed by atoms with Gasteiger partial charge < -0.3 is 9.05 Å². The second-order valence-corrected chi connectivity index (χ2v) is 4.96. The van der Waals surface area contributed by atoms with Gasteiger partial charge in [-0.25, -0.2) is 0 Å². The fourth-order valence-corrected chi connectivity index (χ4v) is 2.33. The summed E-state index contributed by atoms with van der Waals surface area (Å²) in [6, 6.07) is 0. The first kappa shape index (κ1) is 10.5. The molecule has 0 spiro atoms. The quantitative estimate of drug-likeness (QED) is 0.656. The van der Waals surface area contributed by atoms with Crippen LogP contribution in [0.1, 0.15) is 0 Å². The molecule has 1 aliphatic carbocycles. The van der Waals surface area contributed by atoms with E-state index in [0.29, 0.717) is 0 Å². The summed E-state index contributed by atoms with van der Waals surface area (Å²) in [5, 5.41) is 0. The normalized spacial score (nSPS) is 17.7. The lowest BCUT2D eigenvalue weighted by Crippen LogP contribution is -2.04. The van der Waals surface area contributed by atoms with Crippen LogP contribution in [0.3, 0.4) is 0 Å². The van der Waals surface area contributed by atoms with Crippen LogP contribution in [-0.2, 0) is 13.6 Å². The Morgan fingerprint density at radius 3 is 1.85 bits per heavy atom. The highest BCUT2D eigenvalue weighted by Crippen LogP contribution is 2.52.